The van der Waals surface area contributed by atoms with Crippen LogP contribution in [0.25, 0.3) is 0 Å². The molecule has 1 rings (SSSR count). The third-order valence-corrected chi connectivity index (χ3v) is 16.8. The van der Waals surface area contributed by atoms with Crippen LogP contribution in [0.5, 0.6) is 0 Å². The summed E-state index contributed by atoms with van der Waals surface area (Å²) in [6.45, 7) is 14.3. The fourth-order valence-corrected chi connectivity index (χ4v) is 17.6. The van der Waals surface area contributed by atoms with Gasteiger partial charge in [-0.05, 0) is 0 Å². The maximum absolute atomic E-state index is 2.39. The predicted molar refractivity (Wildman–Crippen MR) is 67.3 cm³/mol. The van der Waals surface area contributed by atoms with Gasteiger partial charge in [0.25, 0.3) is 0 Å². The van der Waals surface area contributed by atoms with Gasteiger partial charge in [-0.3, -0.25) is 0 Å². The monoisotopic (exact) mass is 322 g/mol. The SMILES string of the molecule is CC(C)(C)[C]1=PC(C(C)(C)C)[P]=[Sb]1. The first-order chi connectivity index (χ1) is 5.71. The van der Waals surface area contributed by atoms with E-state index in [9.17, 15) is 0 Å². The minimum atomic E-state index is 0.00438. The molecule has 0 nitrogen and oxygen atoms in total. The number of rotatable bonds is 0. The van der Waals surface area contributed by atoms with Gasteiger partial charge in [-0.15, -0.1) is 0 Å². The second-order valence-electron chi connectivity index (χ2n) is 5.66. The van der Waals surface area contributed by atoms with Crippen LogP contribution in [0.2, 0.25) is 0 Å². The van der Waals surface area contributed by atoms with E-state index in [0.717, 1.165) is 5.40 Å². The van der Waals surface area contributed by atoms with Crippen LogP contribution in [0, 0.1) is 10.8 Å². The van der Waals surface area contributed by atoms with Crippen LogP contribution in [-0.2, 0) is 0 Å². The molecule has 0 amide bonds. The molecular weight excluding hydrogens is 304 g/mol. The zero-order valence-electron chi connectivity index (χ0n) is 9.42. The first-order valence-electron chi connectivity index (χ1n) is 4.70. The second-order valence-corrected chi connectivity index (χ2v) is 14.3. The molecule has 1 aliphatic rings. The average molecular weight is 323 g/mol. The van der Waals surface area contributed by atoms with Gasteiger partial charge in [-0.1, -0.05) is 0 Å². The molecule has 13 heavy (non-hydrogen) atoms. The number of hydrogen-bond acceptors (Lipinski definition) is 0. The molecule has 0 bridgehead atoms. The Morgan fingerprint density at radius 3 is 1.85 bits per heavy atom. The van der Waals surface area contributed by atoms with Crippen molar-refractivity contribution in [2.75, 3.05) is 0 Å². The predicted octanol–water partition coefficient (Wildman–Crippen LogP) is 4.06. The average Bonchev–Trinajstić information content (AvgIpc) is 2.28. The summed E-state index contributed by atoms with van der Waals surface area (Å²) in [6, 6.07) is 0. The van der Waals surface area contributed by atoms with Crippen molar-refractivity contribution >= 4 is 37.7 Å². The zero-order valence-corrected chi connectivity index (χ0v) is 13.8. The van der Waals surface area contributed by atoms with E-state index < -0.39 is 0 Å². The van der Waals surface area contributed by atoms with E-state index in [1.807, 2.05) is 3.24 Å². The van der Waals surface area contributed by atoms with E-state index in [2.05, 4.69) is 41.5 Å². The Hall–Kier alpha value is 1.29. The van der Waals surface area contributed by atoms with Crippen LogP contribution in [-0.4, -0.2) is 29.2 Å². The summed E-state index contributed by atoms with van der Waals surface area (Å²) in [5, 5.41) is 0.929. The van der Waals surface area contributed by atoms with E-state index in [4.69, 9.17) is 0 Å². The standard InChI is InChI=1S/C10H19P2.Sb/c1-9(2,3)7-12-8(11)10(4,5)6;/h8H,1-6H3;. The fraction of sp³-hybridized carbons (Fsp3) is 0.900. The Bertz CT molecular complexity index is 253. The number of hydrogen-bond donors (Lipinski definition) is 0. The van der Waals surface area contributed by atoms with Crippen LogP contribution < -0.4 is 0 Å². The molecule has 3 heteroatoms. The molecule has 1 aliphatic heterocycles. The van der Waals surface area contributed by atoms with Crippen LogP contribution in [0.1, 0.15) is 41.5 Å². The van der Waals surface area contributed by atoms with Gasteiger partial charge in [-0.25, -0.2) is 0 Å². The summed E-state index contributed by atoms with van der Waals surface area (Å²) >= 11 is 0.00438. The van der Waals surface area contributed by atoms with Crippen LogP contribution in [0.4, 0.5) is 0 Å². The van der Waals surface area contributed by atoms with E-state index in [1.54, 1.807) is 13.9 Å². The summed E-state index contributed by atoms with van der Waals surface area (Å²) in [5.74, 6) is 0. The van der Waals surface area contributed by atoms with Gasteiger partial charge >= 0.3 is 95.4 Å². The van der Waals surface area contributed by atoms with Gasteiger partial charge in [0.15, 0.2) is 0 Å². The van der Waals surface area contributed by atoms with Crippen molar-refractivity contribution in [3.63, 3.8) is 0 Å². The maximum atomic E-state index is 2.39. The summed E-state index contributed by atoms with van der Waals surface area (Å²) < 4.78 is 1.89. The summed E-state index contributed by atoms with van der Waals surface area (Å²) in [4.78, 5) is 0. The Balaban J connectivity index is 2.84. The van der Waals surface area contributed by atoms with Gasteiger partial charge in [0.05, 0.1) is 0 Å². The molecule has 1 atom stereocenters. The van der Waals surface area contributed by atoms with Gasteiger partial charge < -0.3 is 0 Å². The van der Waals surface area contributed by atoms with Gasteiger partial charge in [0, 0.05) is 0 Å². The Morgan fingerprint density at radius 2 is 1.62 bits per heavy atom. The van der Waals surface area contributed by atoms with Crippen LogP contribution in [0.3, 0.4) is 0 Å². The molecule has 0 fully saturated rings. The van der Waals surface area contributed by atoms with E-state index >= 15 is 0 Å². The molecule has 0 aromatic carbocycles. The molecule has 0 saturated heterocycles. The third kappa shape index (κ3) is 3.41. The first kappa shape index (κ1) is 12.4. The topological polar surface area (TPSA) is 0 Å². The molecule has 0 aliphatic carbocycles. The van der Waals surface area contributed by atoms with Crippen molar-refractivity contribution < 1.29 is 0 Å². The normalized spacial score (nSPS) is 26.0. The molecule has 0 aromatic heterocycles. The first-order valence-corrected chi connectivity index (χ1v) is 11.3. The quantitative estimate of drug-likeness (QED) is 0.466. The molecule has 0 aromatic rings. The zero-order chi connectivity index (χ0) is 10.3. The summed E-state index contributed by atoms with van der Waals surface area (Å²) in [7, 11) is 1.68. The van der Waals surface area contributed by atoms with Gasteiger partial charge in [0.1, 0.15) is 0 Å². The molecule has 1 heterocycles. The van der Waals surface area contributed by atoms with Crippen molar-refractivity contribution in [3.05, 3.63) is 0 Å². The van der Waals surface area contributed by atoms with E-state index in [-0.39, 0.29) is 20.5 Å². The summed E-state index contributed by atoms with van der Waals surface area (Å²) in [5.41, 5.74) is 2.81. The Morgan fingerprint density at radius 1 is 1.08 bits per heavy atom. The van der Waals surface area contributed by atoms with Crippen molar-refractivity contribution in [2.24, 2.45) is 10.8 Å². The van der Waals surface area contributed by atoms with Crippen molar-refractivity contribution in [3.8, 4) is 0 Å². The molecule has 1 unspecified atom stereocenters. The molecule has 74 valence electrons. The second kappa shape index (κ2) is 4.04. The minimum absolute atomic E-state index is 0.00438. The van der Waals surface area contributed by atoms with Crippen LogP contribution in [0.15, 0.2) is 0 Å². The third-order valence-electron chi connectivity index (χ3n) is 1.95. The Labute approximate surface area is 95.1 Å². The molecule has 0 N–H and O–H groups in total. The fourth-order valence-electron chi connectivity index (χ4n) is 0.987. The van der Waals surface area contributed by atoms with E-state index in [1.165, 1.54) is 0 Å². The Kier molecular flexibility index (Phi) is 3.84. The molecule has 0 radical (unpaired) electrons. The van der Waals surface area contributed by atoms with Gasteiger partial charge in [-0.2, -0.15) is 0 Å². The van der Waals surface area contributed by atoms with Crippen molar-refractivity contribution in [2.45, 2.75) is 46.9 Å². The molecule has 0 saturated carbocycles. The summed E-state index contributed by atoms with van der Waals surface area (Å²) in [6.07, 6.45) is 0. The van der Waals surface area contributed by atoms with Crippen molar-refractivity contribution in [1.82, 2.24) is 0 Å². The van der Waals surface area contributed by atoms with Crippen molar-refractivity contribution in [1.29, 1.82) is 0 Å². The molecular formula is C10H19P2Sb. The molecule has 0 spiro atoms. The van der Waals surface area contributed by atoms with Crippen LogP contribution >= 0.6 is 13.9 Å². The van der Waals surface area contributed by atoms with E-state index in [0.29, 0.717) is 10.8 Å². The van der Waals surface area contributed by atoms with Gasteiger partial charge in [0.2, 0.25) is 0 Å².